The molecular weight excluding hydrogens is 323 g/mol. The number of phosphoric ester groups is 1. The number of esters is 2. The first-order valence-electron chi connectivity index (χ1n) is 6.43. The van der Waals surface area contributed by atoms with Crippen LogP contribution in [0.5, 0.6) is 0 Å². The van der Waals surface area contributed by atoms with Gasteiger partial charge < -0.3 is 24.6 Å². The lowest BCUT2D eigenvalue weighted by molar-refractivity contribution is -0.159. The van der Waals surface area contributed by atoms with E-state index in [1.165, 1.54) is 0 Å². The molecule has 3 N–H and O–H groups in total. The Morgan fingerprint density at radius 1 is 1.18 bits per heavy atom. The van der Waals surface area contributed by atoms with E-state index in [1.54, 1.807) is 6.92 Å². The Hall–Kier alpha value is -1.03. The standard InChI is InChI=1S/C11H21O10P/c1-3-11(15)21-10(6-18-8(2)13)7-20-22(16,17)19-5-9(14)4-12/h9-10,12,14H,3-7H2,1-2H3,(H,16,17)/t9-,10+/m1/s1. The van der Waals surface area contributed by atoms with Crippen LogP contribution in [0, 0.1) is 0 Å². The third kappa shape index (κ3) is 10.7. The molecule has 11 heteroatoms. The van der Waals surface area contributed by atoms with Gasteiger partial charge in [-0.3, -0.25) is 18.6 Å². The quantitative estimate of drug-likeness (QED) is 0.326. The Kier molecular flexibility index (Phi) is 10.2. The van der Waals surface area contributed by atoms with Crippen molar-refractivity contribution in [3.8, 4) is 0 Å². The average Bonchev–Trinajstić information content (AvgIpc) is 2.47. The predicted octanol–water partition coefficient (Wildman–Crippen LogP) is -0.642. The van der Waals surface area contributed by atoms with Crippen LogP contribution in [0.4, 0.5) is 0 Å². The lowest BCUT2D eigenvalue weighted by Crippen LogP contribution is -2.29. The van der Waals surface area contributed by atoms with Crippen molar-refractivity contribution in [3.05, 3.63) is 0 Å². The van der Waals surface area contributed by atoms with E-state index in [-0.39, 0.29) is 13.0 Å². The normalized spacial score (nSPS) is 16.4. The van der Waals surface area contributed by atoms with E-state index in [4.69, 9.17) is 14.9 Å². The molecule has 130 valence electrons. The molecule has 0 rings (SSSR count). The lowest BCUT2D eigenvalue weighted by Gasteiger charge is -2.19. The van der Waals surface area contributed by atoms with Gasteiger partial charge in [0.15, 0.2) is 6.10 Å². The first-order valence-corrected chi connectivity index (χ1v) is 7.93. The van der Waals surface area contributed by atoms with Crippen LogP contribution in [0.3, 0.4) is 0 Å². The van der Waals surface area contributed by atoms with Crippen LogP contribution in [0.2, 0.25) is 0 Å². The summed E-state index contributed by atoms with van der Waals surface area (Å²) in [5, 5.41) is 17.6. The minimum absolute atomic E-state index is 0.0621. The van der Waals surface area contributed by atoms with Crippen LogP contribution in [-0.4, -0.2) is 65.7 Å². The number of aliphatic hydroxyl groups excluding tert-OH is 2. The van der Waals surface area contributed by atoms with Gasteiger partial charge in [-0.25, -0.2) is 4.57 Å². The summed E-state index contributed by atoms with van der Waals surface area (Å²) in [7, 11) is -4.52. The molecule has 0 aromatic rings. The highest BCUT2D eigenvalue weighted by Crippen LogP contribution is 2.43. The van der Waals surface area contributed by atoms with Crippen LogP contribution >= 0.6 is 7.82 Å². The van der Waals surface area contributed by atoms with Gasteiger partial charge in [-0.15, -0.1) is 0 Å². The fourth-order valence-electron chi connectivity index (χ4n) is 1.04. The third-order valence-corrected chi connectivity index (χ3v) is 3.07. The summed E-state index contributed by atoms with van der Waals surface area (Å²) in [5.41, 5.74) is 0. The van der Waals surface area contributed by atoms with E-state index in [2.05, 4.69) is 13.8 Å². The molecule has 0 radical (unpaired) electrons. The third-order valence-electron chi connectivity index (χ3n) is 2.12. The number of ether oxygens (including phenoxy) is 2. The fourth-order valence-corrected chi connectivity index (χ4v) is 1.83. The zero-order valence-electron chi connectivity index (χ0n) is 12.3. The average molecular weight is 344 g/mol. The predicted molar refractivity (Wildman–Crippen MR) is 71.6 cm³/mol. The molecule has 0 spiro atoms. The van der Waals surface area contributed by atoms with E-state index in [0.717, 1.165) is 6.92 Å². The zero-order chi connectivity index (χ0) is 17.2. The van der Waals surface area contributed by atoms with Gasteiger partial charge in [0.1, 0.15) is 12.7 Å². The maximum Gasteiger partial charge on any atom is 0.472 e. The van der Waals surface area contributed by atoms with Gasteiger partial charge in [0.25, 0.3) is 0 Å². The Morgan fingerprint density at radius 2 is 1.77 bits per heavy atom. The maximum atomic E-state index is 11.5. The van der Waals surface area contributed by atoms with Gasteiger partial charge in [0.05, 0.1) is 19.8 Å². The molecule has 0 aromatic heterocycles. The highest BCUT2D eigenvalue weighted by Gasteiger charge is 2.26. The van der Waals surface area contributed by atoms with Crippen molar-refractivity contribution in [1.29, 1.82) is 0 Å². The van der Waals surface area contributed by atoms with Gasteiger partial charge in [-0.1, -0.05) is 6.92 Å². The SMILES string of the molecule is CCC(=O)O[C@@H](COC(C)=O)COP(=O)(O)OC[C@H](O)CO. The summed E-state index contributed by atoms with van der Waals surface area (Å²) in [6.07, 6.45) is -2.35. The molecule has 0 bridgehead atoms. The highest BCUT2D eigenvalue weighted by atomic mass is 31.2. The number of phosphoric acid groups is 1. The lowest BCUT2D eigenvalue weighted by atomic mass is 10.4. The highest BCUT2D eigenvalue weighted by molar-refractivity contribution is 7.47. The van der Waals surface area contributed by atoms with Crippen molar-refractivity contribution < 1.29 is 47.8 Å². The van der Waals surface area contributed by atoms with Gasteiger partial charge in [-0.2, -0.15) is 0 Å². The summed E-state index contributed by atoms with van der Waals surface area (Å²) in [5.74, 6) is -1.22. The molecule has 0 saturated heterocycles. The van der Waals surface area contributed by atoms with Crippen LogP contribution in [0.1, 0.15) is 20.3 Å². The van der Waals surface area contributed by atoms with Gasteiger partial charge in [0, 0.05) is 13.3 Å². The Bertz CT molecular complexity index is 398. The largest absolute Gasteiger partial charge is 0.472 e. The molecule has 0 fully saturated rings. The summed E-state index contributed by atoms with van der Waals surface area (Å²) in [4.78, 5) is 31.3. The number of carbonyl (C=O) groups is 2. The Morgan fingerprint density at radius 3 is 2.27 bits per heavy atom. The van der Waals surface area contributed by atoms with E-state index >= 15 is 0 Å². The van der Waals surface area contributed by atoms with Crippen LogP contribution in [-0.2, 0) is 32.7 Å². The van der Waals surface area contributed by atoms with E-state index in [0.29, 0.717) is 0 Å². The van der Waals surface area contributed by atoms with Gasteiger partial charge in [0.2, 0.25) is 0 Å². The van der Waals surface area contributed by atoms with Gasteiger partial charge in [-0.05, 0) is 0 Å². The van der Waals surface area contributed by atoms with Crippen molar-refractivity contribution in [2.75, 3.05) is 26.4 Å². The van der Waals surface area contributed by atoms with Crippen molar-refractivity contribution in [3.63, 3.8) is 0 Å². The monoisotopic (exact) mass is 344 g/mol. The molecule has 0 aliphatic carbocycles. The number of hydrogen-bond acceptors (Lipinski definition) is 9. The summed E-state index contributed by atoms with van der Waals surface area (Å²) in [6.45, 7) is 0.525. The number of aliphatic hydroxyl groups is 2. The molecule has 0 aliphatic rings. The minimum Gasteiger partial charge on any atom is -0.462 e. The van der Waals surface area contributed by atoms with E-state index in [9.17, 15) is 19.0 Å². The van der Waals surface area contributed by atoms with Crippen molar-refractivity contribution in [2.24, 2.45) is 0 Å². The Labute approximate surface area is 127 Å². The van der Waals surface area contributed by atoms with Crippen molar-refractivity contribution in [2.45, 2.75) is 32.5 Å². The van der Waals surface area contributed by atoms with Crippen molar-refractivity contribution in [1.82, 2.24) is 0 Å². The molecule has 10 nitrogen and oxygen atoms in total. The molecule has 0 heterocycles. The fraction of sp³-hybridized carbons (Fsp3) is 0.818. The summed E-state index contributed by atoms with van der Waals surface area (Å²) in [6, 6.07) is 0. The second-order valence-corrected chi connectivity index (χ2v) is 5.62. The molecular formula is C11H21O10P. The second kappa shape index (κ2) is 10.7. The molecule has 0 aliphatic heterocycles. The van der Waals surface area contributed by atoms with Crippen LogP contribution in [0.25, 0.3) is 0 Å². The smallest absolute Gasteiger partial charge is 0.462 e. The summed E-state index contributed by atoms with van der Waals surface area (Å²) >= 11 is 0. The molecule has 22 heavy (non-hydrogen) atoms. The molecule has 3 atom stereocenters. The van der Waals surface area contributed by atoms with E-state index < -0.39 is 51.8 Å². The maximum absolute atomic E-state index is 11.5. The number of carbonyl (C=O) groups excluding carboxylic acids is 2. The zero-order valence-corrected chi connectivity index (χ0v) is 13.2. The molecule has 1 unspecified atom stereocenters. The van der Waals surface area contributed by atoms with Gasteiger partial charge >= 0.3 is 19.8 Å². The van der Waals surface area contributed by atoms with Crippen LogP contribution in [0.15, 0.2) is 0 Å². The topological polar surface area (TPSA) is 149 Å². The first kappa shape index (κ1) is 21.0. The summed E-state index contributed by atoms with van der Waals surface area (Å²) < 4.78 is 30.0. The molecule has 0 saturated carbocycles. The second-order valence-electron chi connectivity index (χ2n) is 4.16. The van der Waals surface area contributed by atoms with E-state index in [1.807, 2.05) is 0 Å². The number of hydrogen-bond donors (Lipinski definition) is 3. The first-order chi connectivity index (χ1) is 10.2. The Balaban J connectivity index is 4.41. The van der Waals surface area contributed by atoms with Crippen molar-refractivity contribution >= 4 is 19.8 Å². The number of rotatable bonds is 11. The van der Waals surface area contributed by atoms with Crippen LogP contribution < -0.4 is 0 Å². The minimum atomic E-state index is -4.52. The molecule has 0 aromatic carbocycles. The molecule has 0 amide bonds.